The fourth-order valence-corrected chi connectivity index (χ4v) is 3.18. The SMILES string of the molecule is O=C(O)c1cccn1CC1CCSCC1. The number of rotatable bonds is 3. The highest BCUT2D eigenvalue weighted by atomic mass is 32.2. The third-order valence-corrected chi connectivity index (χ3v) is 3.89. The van der Waals surface area contributed by atoms with E-state index in [4.69, 9.17) is 5.11 Å². The van der Waals surface area contributed by atoms with E-state index in [0.717, 1.165) is 6.54 Å². The molecular weight excluding hydrogens is 210 g/mol. The molecule has 0 radical (unpaired) electrons. The van der Waals surface area contributed by atoms with Gasteiger partial charge in [-0.05, 0) is 42.4 Å². The Balaban J connectivity index is 2.03. The smallest absolute Gasteiger partial charge is 0.352 e. The molecule has 1 aromatic rings. The van der Waals surface area contributed by atoms with E-state index in [0.29, 0.717) is 11.6 Å². The van der Waals surface area contributed by atoms with Crippen LogP contribution in [-0.4, -0.2) is 27.1 Å². The zero-order chi connectivity index (χ0) is 10.7. The molecule has 1 aliphatic heterocycles. The van der Waals surface area contributed by atoms with Gasteiger partial charge < -0.3 is 9.67 Å². The van der Waals surface area contributed by atoms with Gasteiger partial charge in [-0.25, -0.2) is 4.79 Å². The highest BCUT2D eigenvalue weighted by Gasteiger charge is 2.16. The van der Waals surface area contributed by atoms with Crippen molar-refractivity contribution in [1.82, 2.24) is 4.57 Å². The van der Waals surface area contributed by atoms with Crippen molar-refractivity contribution in [3.8, 4) is 0 Å². The van der Waals surface area contributed by atoms with Crippen molar-refractivity contribution in [3.05, 3.63) is 24.0 Å². The van der Waals surface area contributed by atoms with Gasteiger partial charge in [0.15, 0.2) is 0 Å². The van der Waals surface area contributed by atoms with Crippen molar-refractivity contribution in [3.63, 3.8) is 0 Å². The number of thioether (sulfide) groups is 1. The van der Waals surface area contributed by atoms with Gasteiger partial charge in [0.2, 0.25) is 0 Å². The van der Waals surface area contributed by atoms with E-state index in [1.165, 1.54) is 24.3 Å². The maximum atomic E-state index is 10.9. The lowest BCUT2D eigenvalue weighted by atomic mass is 10.0. The quantitative estimate of drug-likeness (QED) is 0.858. The molecule has 1 aromatic heterocycles. The average Bonchev–Trinajstić information content (AvgIpc) is 2.67. The number of hydrogen-bond acceptors (Lipinski definition) is 2. The van der Waals surface area contributed by atoms with Crippen molar-refractivity contribution >= 4 is 17.7 Å². The molecule has 1 N–H and O–H groups in total. The second kappa shape index (κ2) is 4.75. The van der Waals surface area contributed by atoms with E-state index >= 15 is 0 Å². The largest absolute Gasteiger partial charge is 0.477 e. The van der Waals surface area contributed by atoms with E-state index in [1.807, 2.05) is 22.5 Å². The molecule has 15 heavy (non-hydrogen) atoms. The fraction of sp³-hybridized carbons (Fsp3) is 0.545. The summed E-state index contributed by atoms with van der Waals surface area (Å²) in [6, 6.07) is 3.47. The van der Waals surface area contributed by atoms with Crippen LogP contribution in [0, 0.1) is 5.92 Å². The van der Waals surface area contributed by atoms with E-state index in [2.05, 4.69) is 0 Å². The molecule has 1 aliphatic rings. The topological polar surface area (TPSA) is 42.2 Å². The highest BCUT2D eigenvalue weighted by molar-refractivity contribution is 7.99. The third-order valence-electron chi connectivity index (χ3n) is 2.84. The second-order valence-electron chi connectivity index (χ2n) is 3.91. The monoisotopic (exact) mass is 225 g/mol. The number of carboxylic acids is 1. The van der Waals surface area contributed by atoms with Crippen LogP contribution < -0.4 is 0 Å². The Hall–Kier alpha value is -0.900. The van der Waals surface area contributed by atoms with Gasteiger partial charge in [0.1, 0.15) is 5.69 Å². The van der Waals surface area contributed by atoms with Crippen LogP contribution in [0.5, 0.6) is 0 Å². The summed E-state index contributed by atoms with van der Waals surface area (Å²) in [7, 11) is 0. The molecule has 2 rings (SSSR count). The van der Waals surface area contributed by atoms with E-state index in [-0.39, 0.29) is 0 Å². The van der Waals surface area contributed by atoms with Crippen LogP contribution in [0.1, 0.15) is 23.3 Å². The van der Waals surface area contributed by atoms with Crippen LogP contribution in [0.25, 0.3) is 0 Å². The summed E-state index contributed by atoms with van der Waals surface area (Å²) < 4.78 is 1.86. The summed E-state index contributed by atoms with van der Waals surface area (Å²) >= 11 is 2.00. The minimum atomic E-state index is -0.829. The first kappa shape index (κ1) is 10.6. The zero-order valence-corrected chi connectivity index (χ0v) is 9.37. The van der Waals surface area contributed by atoms with Crippen molar-refractivity contribution < 1.29 is 9.90 Å². The number of aromatic carboxylic acids is 1. The molecule has 0 bridgehead atoms. The predicted octanol–water partition coefficient (Wildman–Crippen LogP) is 2.33. The summed E-state index contributed by atoms with van der Waals surface area (Å²) in [6.07, 6.45) is 4.29. The van der Waals surface area contributed by atoms with Crippen LogP contribution in [0.2, 0.25) is 0 Å². The summed E-state index contributed by atoms with van der Waals surface area (Å²) in [5.41, 5.74) is 0.410. The van der Waals surface area contributed by atoms with Gasteiger partial charge in [-0.2, -0.15) is 11.8 Å². The minimum absolute atomic E-state index is 0.410. The van der Waals surface area contributed by atoms with E-state index in [1.54, 1.807) is 12.1 Å². The van der Waals surface area contributed by atoms with Crippen molar-refractivity contribution in [2.45, 2.75) is 19.4 Å². The Kier molecular flexibility index (Phi) is 3.36. The second-order valence-corrected chi connectivity index (χ2v) is 5.13. The molecule has 2 heterocycles. The molecular formula is C11H15NO2S. The molecule has 0 aromatic carbocycles. The Morgan fingerprint density at radius 3 is 2.93 bits per heavy atom. The van der Waals surface area contributed by atoms with Gasteiger partial charge >= 0.3 is 5.97 Å². The molecule has 0 unspecified atom stereocenters. The lowest BCUT2D eigenvalue weighted by Gasteiger charge is -2.22. The number of nitrogens with zero attached hydrogens (tertiary/aromatic N) is 1. The van der Waals surface area contributed by atoms with Gasteiger partial charge in [0.25, 0.3) is 0 Å². The Bertz CT molecular complexity index is 342. The van der Waals surface area contributed by atoms with E-state index in [9.17, 15) is 4.79 Å². The van der Waals surface area contributed by atoms with Gasteiger partial charge in [0.05, 0.1) is 0 Å². The Morgan fingerprint density at radius 1 is 1.53 bits per heavy atom. The lowest BCUT2D eigenvalue weighted by molar-refractivity contribution is 0.0683. The maximum absolute atomic E-state index is 10.9. The molecule has 1 fully saturated rings. The van der Waals surface area contributed by atoms with Crippen molar-refractivity contribution in [1.29, 1.82) is 0 Å². The lowest BCUT2D eigenvalue weighted by Crippen LogP contribution is -2.18. The molecule has 1 saturated heterocycles. The third kappa shape index (κ3) is 2.56. The van der Waals surface area contributed by atoms with Crippen LogP contribution in [-0.2, 0) is 6.54 Å². The molecule has 0 spiro atoms. The predicted molar refractivity (Wildman–Crippen MR) is 61.4 cm³/mol. The minimum Gasteiger partial charge on any atom is -0.477 e. The Labute approximate surface area is 93.5 Å². The van der Waals surface area contributed by atoms with Crippen LogP contribution in [0.3, 0.4) is 0 Å². The number of hydrogen-bond donors (Lipinski definition) is 1. The summed E-state index contributed by atoms with van der Waals surface area (Å²) in [6.45, 7) is 0.856. The molecule has 0 amide bonds. The number of carbonyl (C=O) groups is 1. The van der Waals surface area contributed by atoms with Crippen molar-refractivity contribution in [2.75, 3.05) is 11.5 Å². The van der Waals surface area contributed by atoms with Gasteiger partial charge in [0, 0.05) is 12.7 Å². The number of carboxylic acid groups (broad SMARTS) is 1. The average molecular weight is 225 g/mol. The molecule has 82 valence electrons. The molecule has 3 nitrogen and oxygen atoms in total. The Morgan fingerprint density at radius 2 is 2.27 bits per heavy atom. The van der Waals surface area contributed by atoms with Crippen LogP contribution in [0.15, 0.2) is 18.3 Å². The van der Waals surface area contributed by atoms with Gasteiger partial charge in [-0.1, -0.05) is 0 Å². The maximum Gasteiger partial charge on any atom is 0.352 e. The first-order valence-corrected chi connectivity index (χ1v) is 6.39. The van der Waals surface area contributed by atoms with Gasteiger partial charge in [-0.3, -0.25) is 0 Å². The first-order chi connectivity index (χ1) is 7.27. The fourth-order valence-electron chi connectivity index (χ4n) is 1.97. The van der Waals surface area contributed by atoms with Crippen molar-refractivity contribution in [2.24, 2.45) is 5.92 Å². The summed E-state index contributed by atoms with van der Waals surface area (Å²) in [5, 5.41) is 8.96. The highest BCUT2D eigenvalue weighted by Crippen LogP contribution is 2.24. The van der Waals surface area contributed by atoms with Crippen LogP contribution in [0.4, 0.5) is 0 Å². The standard InChI is InChI=1S/C11H15NO2S/c13-11(14)10-2-1-5-12(10)8-9-3-6-15-7-4-9/h1-2,5,9H,3-4,6-8H2,(H,13,14). The van der Waals surface area contributed by atoms with Gasteiger partial charge in [-0.15, -0.1) is 0 Å². The molecule has 0 atom stereocenters. The first-order valence-electron chi connectivity index (χ1n) is 5.23. The summed E-state index contributed by atoms with van der Waals surface area (Å²) in [5.74, 6) is 2.25. The molecule has 0 saturated carbocycles. The molecule has 4 heteroatoms. The summed E-state index contributed by atoms with van der Waals surface area (Å²) in [4.78, 5) is 10.9. The van der Waals surface area contributed by atoms with Crippen LogP contribution >= 0.6 is 11.8 Å². The normalized spacial score (nSPS) is 17.9. The molecule has 0 aliphatic carbocycles. The number of aromatic nitrogens is 1. The zero-order valence-electron chi connectivity index (χ0n) is 8.56. The van der Waals surface area contributed by atoms with E-state index < -0.39 is 5.97 Å².